The first-order chi connectivity index (χ1) is 7.16. The molecule has 0 spiro atoms. The lowest BCUT2D eigenvalue weighted by molar-refractivity contribution is 0.0695. The first-order valence-electron chi connectivity index (χ1n) is 4.58. The average molecular weight is 211 g/mol. The Morgan fingerprint density at radius 2 is 2.33 bits per heavy atom. The van der Waals surface area contributed by atoms with Crippen LogP contribution in [0.5, 0.6) is 0 Å². The Labute approximate surface area is 85.6 Å². The molecule has 2 N–H and O–H groups in total. The van der Waals surface area contributed by atoms with E-state index in [0.29, 0.717) is 18.6 Å². The molecule has 15 heavy (non-hydrogen) atoms. The maximum absolute atomic E-state index is 13.1. The Kier molecular flexibility index (Phi) is 2.66. The number of carbonyl (C=O) groups is 1. The molecular formula is C10H10FNO3. The molecule has 1 heterocycles. The summed E-state index contributed by atoms with van der Waals surface area (Å²) in [6, 6.07) is 3.65. The standard InChI is InChI=1S/C10H10FNO3/c11-8-4-6(9-1-2-15-12-9)3-7(5-8)10(13)14/h3-5,9,12H,1-2H2,(H,13,14)/t9-/m1/s1. The van der Waals surface area contributed by atoms with Crippen LogP contribution >= 0.6 is 0 Å². The highest BCUT2D eigenvalue weighted by Gasteiger charge is 2.19. The predicted octanol–water partition coefficient (Wildman–Crippen LogP) is 1.49. The number of halogens is 1. The van der Waals surface area contributed by atoms with E-state index in [1.54, 1.807) is 0 Å². The molecule has 1 aromatic rings. The maximum Gasteiger partial charge on any atom is 0.335 e. The van der Waals surface area contributed by atoms with Gasteiger partial charge in [0.25, 0.3) is 0 Å². The summed E-state index contributed by atoms with van der Waals surface area (Å²) in [6.07, 6.45) is 0.711. The van der Waals surface area contributed by atoms with Gasteiger partial charge in [0.2, 0.25) is 0 Å². The van der Waals surface area contributed by atoms with Crippen molar-refractivity contribution < 1.29 is 19.1 Å². The van der Waals surface area contributed by atoms with E-state index in [9.17, 15) is 9.18 Å². The molecule has 1 aromatic carbocycles. The normalized spacial score (nSPS) is 20.5. The van der Waals surface area contributed by atoms with Crippen molar-refractivity contribution in [2.45, 2.75) is 12.5 Å². The average Bonchev–Trinajstić information content (AvgIpc) is 2.69. The third kappa shape index (κ3) is 2.14. The van der Waals surface area contributed by atoms with Crippen molar-refractivity contribution in [2.75, 3.05) is 6.61 Å². The molecule has 80 valence electrons. The summed E-state index contributed by atoms with van der Waals surface area (Å²) < 4.78 is 13.1. The van der Waals surface area contributed by atoms with Gasteiger partial charge >= 0.3 is 5.97 Å². The van der Waals surface area contributed by atoms with Crippen LogP contribution in [0.25, 0.3) is 0 Å². The Hall–Kier alpha value is -1.46. The molecule has 0 radical (unpaired) electrons. The lowest BCUT2D eigenvalue weighted by Crippen LogP contribution is -2.12. The second kappa shape index (κ2) is 3.96. The summed E-state index contributed by atoms with van der Waals surface area (Å²) in [5.41, 5.74) is 3.27. The Morgan fingerprint density at radius 3 is 2.93 bits per heavy atom. The molecule has 1 aliphatic heterocycles. The van der Waals surface area contributed by atoms with Crippen LogP contribution in [-0.2, 0) is 4.84 Å². The molecule has 0 aliphatic carbocycles. The highest BCUT2D eigenvalue weighted by molar-refractivity contribution is 5.87. The predicted molar refractivity (Wildman–Crippen MR) is 49.8 cm³/mol. The Bertz CT molecular complexity index is 388. The number of carboxylic acid groups (broad SMARTS) is 1. The van der Waals surface area contributed by atoms with Crippen molar-refractivity contribution in [1.82, 2.24) is 5.48 Å². The number of aromatic carboxylic acids is 1. The Balaban J connectivity index is 2.34. The summed E-state index contributed by atoms with van der Waals surface area (Å²) in [4.78, 5) is 15.6. The molecule has 0 unspecified atom stereocenters. The number of carboxylic acids is 1. The number of hydroxylamine groups is 1. The van der Waals surface area contributed by atoms with Crippen LogP contribution in [0.1, 0.15) is 28.4 Å². The third-order valence-corrected chi connectivity index (χ3v) is 2.30. The van der Waals surface area contributed by atoms with Crippen LogP contribution in [-0.4, -0.2) is 17.7 Å². The van der Waals surface area contributed by atoms with Crippen molar-refractivity contribution in [3.63, 3.8) is 0 Å². The van der Waals surface area contributed by atoms with Gasteiger partial charge in [0, 0.05) is 0 Å². The number of rotatable bonds is 2. The van der Waals surface area contributed by atoms with Gasteiger partial charge in [-0.25, -0.2) is 9.18 Å². The topological polar surface area (TPSA) is 58.6 Å². The smallest absolute Gasteiger partial charge is 0.335 e. The zero-order valence-corrected chi connectivity index (χ0v) is 7.87. The maximum atomic E-state index is 13.1. The molecule has 0 saturated carbocycles. The fourth-order valence-electron chi connectivity index (χ4n) is 1.57. The quantitative estimate of drug-likeness (QED) is 0.778. The van der Waals surface area contributed by atoms with Crippen LogP contribution in [0.4, 0.5) is 4.39 Å². The molecule has 1 fully saturated rings. The number of nitrogens with one attached hydrogen (secondary N) is 1. The number of hydrogen-bond donors (Lipinski definition) is 2. The lowest BCUT2D eigenvalue weighted by Gasteiger charge is -2.09. The zero-order valence-electron chi connectivity index (χ0n) is 7.87. The van der Waals surface area contributed by atoms with Crippen LogP contribution < -0.4 is 5.48 Å². The van der Waals surface area contributed by atoms with Crippen molar-refractivity contribution in [3.05, 3.63) is 35.1 Å². The van der Waals surface area contributed by atoms with Gasteiger partial charge in [0.15, 0.2) is 0 Å². The minimum absolute atomic E-state index is 0.0429. The minimum atomic E-state index is -1.13. The summed E-state index contributed by atoms with van der Waals surface area (Å²) in [6.45, 7) is 0.545. The molecule has 4 nitrogen and oxygen atoms in total. The van der Waals surface area contributed by atoms with Crippen molar-refractivity contribution in [2.24, 2.45) is 0 Å². The van der Waals surface area contributed by atoms with Crippen LogP contribution in [0, 0.1) is 5.82 Å². The number of hydrogen-bond acceptors (Lipinski definition) is 3. The van der Waals surface area contributed by atoms with Crippen molar-refractivity contribution >= 4 is 5.97 Å². The van der Waals surface area contributed by atoms with Gasteiger partial charge in [-0.05, 0) is 30.2 Å². The van der Waals surface area contributed by atoms with E-state index in [4.69, 9.17) is 9.94 Å². The van der Waals surface area contributed by atoms with Crippen LogP contribution in [0.3, 0.4) is 0 Å². The van der Waals surface area contributed by atoms with Gasteiger partial charge in [0.1, 0.15) is 5.82 Å². The second-order valence-corrected chi connectivity index (χ2v) is 3.39. The first-order valence-corrected chi connectivity index (χ1v) is 4.58. The summed E-state index contributed by atoms with van der Waals surface area (Å²) in [7, 11) is 0. The largest absolute Gasteiger partial charge is 0.478 e. The minimum Gasteiger partial charge on any atom is -0.478 e. The third-order valence-electron chi connectivity index (χ3n) is 2.30. The molecule has 5 heteroatoms. The lowest BCUT2D eigenvalue weighted by atomic mass is 10.0. The monoisotopic (exact) mass is 211 g/mol. The van der Waals surface area contributed by atoms with Crippen molar-refractivity contribution in [1.29, 1.82) is 0 Å². The molecule has 2 rings (SSSR count). The summed E-state index contributed by atoms with van der Waals surface area (Å²) >= 11 is 0. The second-order valence-electron chi connectivity index (χ2n) is 3.39. The van der Waals surface area contributed by atoms with Gasteiger partial charge in [-0.15, -0.1) is 0 Å². The molecule has 0 aromatic heterocycles. The van der Waals surface area contributed by atoms with E-state index in [0.717, 1.165) is 6.07 Å². The van der Waals surface area contributed by atoms with E-state index < -0.39 is 11.8 Å². The molecule has 1 aliphatic rings. The van der Waals surface area contributed by atoms with Crippen LogP contribution in [0.15, 0.2) is 18.2 Å². The highest BCUT2D eigenvalue weighted by Crippen LogP contribution is 2.23. The molecule has 1 atom stereocenters. The van der Waals surface area contributed by atoms with E-state index in [2.05, 4.69) is 5.48 Å². The SMILES string of the molecule is O=C(O)c1cc(F)cc([C@H]2CCON2)c1. The fourth-order valence-corrected chi connectivity index (χ4v) is 1.57. The van der Waals surface area contributed by atoms with Gasteiger partial charge < -0.3 is 9.94 Å². The molecule has 0 bridgehead atoms. The van der Waals surface area contributed by atoms with Crippen LogP contribution in [0.2, 0.25) is 0 Å². The number of benzene rings is 1. The zero-order chi connectivity index (χ0) is 10.8. The van der Waals surface area contributed by atoms with E-state index in [1.165, 1.54) is 12.1 Å². The van der Waals surface area contributed by atoms with Crippen molar-refractivity contribution in [3.8, 4) is 0 Å². The van der Waals surface area contributed by atoms with Gasteiger partial charge in [-0.1, -0.05) is 0 Å². The van der Waals surface area contributed by atoms with E-state index >= 15 is 0 Å². The first kappa shape index (κ1) is 10.1. The van der Waals surface area contributed by atoms with Gasteiger partial charge in [-0.3, -0.25) is 0 Å². The van der Waals surface area contributed by atoms with Gasteiger partial charge in [0.05, 0.1) is 18.2 Å². The van der Waals surface area contributed by atoms with Gasteiger partial charge in [-0.2, -0.15) is 5.48 Å². The molecular weight excluding hydrogens is 201 g/mol. The molecule has 1 saturated heterocycles. The molecule has 0 amide bonds. The summed E-state index contributed by atoms with van der Waals surface area (Å²) in [5.74, 6) is -1.67. The van der Waals surface area contributed by atoms with E-state index in [1.807, 2.05) is 0 Å². The van der Waals surface area contributed by atoms with E-state index in [-0.39, 0.29) is 11.6 Å². The fraction of sp³-hybridized carbons (Fsp3) is 0.300. The highest BCUT2D eigenvalue weighted by atomic mass is 19.1. The summed E-state index contributed by atoms with van der Waals surface area (Å²) in [5, 5.41) is 8.76. The Morgan fingerprint density at radius 1 is 1.53 bits per heavy atom.